The summed E-state index contributed by atoms with van der Waals surface area (Å²) in [7, 11) is 0. The van der Waals surface area contributed by atoms with E-state index in [1.54, 1.807) is 36.6 Å². The third kappa shape index (κ3) is 5.49. The van der Waals surface area contributed by atoms with Gasteiger partial charge in [-0.25, -0.2) is 14.3 Å². The summed E-state index contributed by atoms with van der Waals surface area (Å²) in [5.41, 5.74) is 1.20. The highest BCUT2D eigenvalue weighted by molar-refractivity contribution is 7.14. The second-order valence-electron chi connectivity index (χ2n) is 8.40. The van der Waals surface area contributed by atoms with Crippen LogP contribution in [0.5, 0.6) is 11.6 Å². The number of aromatic amines is 1. The number of thiazole rings is 1. The lowest BCUT2D eigenvalue weighted by Crippen LogP contribution is -2.35. The number of imidazole rings is 1. The minimum atomic E-state index is -1.11. The summed E-state index contributed by atoms with van der Waals surface area (Å²) >= 11 is 1.12. The van der Waals surface area contributed by atoms with Gasteiger partial charge in [0.05, 0.1) is 6.61 Å². The van der Waals surface area contributed by atoms with Gasteiger partial charge in [-0.05, 0) is 36.8 Å². The second kappa shape index (κ2) is 11.3. The van der Waals surface area contributed by atoms with Gasteiger partial charge >= 0.3 is 5.69 Å². The molecule has 0 saturated carbocycles. The van der Waals surface area contributed by atoms with Gasteiger partial charge in [0.2, 0.25) is 11.8 Å². The van der Waals surface area contributed by atoms with E-state index in [1.807, 2.05) is 44.2 Å². The molecule has 2 atom stereocenters. The van der Waals surface area contributed by atoms with E-state index in [0.717, 1.165) is 21.5 Å². The van der Waals surface area contributed by atoms with Crippen molar-refractivity contribution in [1.29, 1.82) is 0 Å². The Morgan fingerprint density at radius 2 is 1.84 bits per heavy atom. The molecular formula is C27H28N4O5S. The molecule has 0 aliphatic carbocycles. The zero-order chi connectivity index (χ0) is 26.5. The Morgan fingerprint density at radius 3 is 2.49 bits per heavy atom. The molecule has 0 saturated heterocycles. The summed E-state index contributed by atoms with van der Waals surface area (Å²) in [4.78, 5) is 45.7. The number of carbonyl (C=O) groups is 2. The van der Waals surface area contributed by atoms with Crippen molar-refractivity contribution in [3.63, 3.8) is 0 Å². The Kier molecular flexibility index (Phi) is 7.88. The average molecular weight is 521 g/mol. The van der Waals surface area contributed by atoms with Gasteiger partial charge in [0, 0.05) is 23.3 Å². The molecule has 4 rings (SSSR count). The number of aromatic nitrogens is 3. The van der Waals surface area contributed by atoms with Crippen LogP contribution in [0.4, 0.5) is 5.13 Å². The van der Waals surface area contributed by atoms with Crippen LogP contribution >= 0.6 is 11.3 Å². The Balaban J connectivity index is 1.74. The molecular weight excluding hydrogens is 492 g/mol. The van der Waals surface area contributed by atoms with Crippen molar-refractivity contribution in [2.45, 2.75) is 39.2 Å². The minimum absolute atomic E-state index is 0.134. The Morgan fingerprint density at radius 1 is 1.14 bits per heavy atom. The van der Waals surface area contributed by atoms with E-state index >= 15 is 0 Å². The Bertz CT molecular complexity index is 1440. The summed E-state index contributed by atoms with van der Waals surface area (Å²) in [5, 5.41) is 15.7. The van der Waals surface area contributed by atoms with Crippen LogP contribution in [0.25, 0.3) is 11.3 Å². The molecule has 3 N–H and O–H groups in total. The number of carbonyl (C=O) groups excluding carboxylic acids is 2. The zero-order valence-corrected chi connectivity index (χ0v) is 21.5. The van der Waals surface area contributed by atoms with E-state index in [-0.39, 0.29) is 28.2 Å². The molecule has 4 aromatic rings. The van der Waals surface area contributed by atoms with E-state index < -0.39 is 23.6 Å². The number of ketones is 1. The van der Waals surface area contributed by atoms with Crippen LogP contribution < -0.4 is 15.7 Å². The number of H-pyrrole nitrogens is 1. The van der Waals surface area contributed by atoms with Crippen molar-refractivity contribution in [3.05, 3.63) is 81.7 Å². The molecule has 0 aliphatic rings. The molecule has 0 fully saturated rings. The molecule has 0 spiro atoms. The van der Waals surface area contributed by atoms with Gasteiger partial charge in [0.25, 0.3) is 0 Å². The molecule has 0 aliphatic heterocycles. The van der Waals surface area contributed by atoms with Crippen molar-refractivity contribution >= 4 is 28.2 Å². The fraction of sp³-hybridized carbons (Fsp3) is 0.259. The molecule has 9 nitrogen and oxygen atoms in total. The first-order valence-corrected chi connectivity index (χ1v) is 12.8. The number of Topliss-reactive ketones (excluding diaryl/α,β-unsaturated/α-hetero) is 1. The standard InChI is InChI=1S/C27H28N4O5S/c1-4-21(32)20-15-37-26(28-20)30-24(33)23(16(3)17-9-7-6-8-10-17)31-25(34)22(29-27(31)35)18-11-13-19(14-12-18)36-5-2/h6-16,23,34H,4-5H2,1-3H3,(H,29,35)(H,28,30,33)/t16-,23-/m0/s1. The molecule has 2 aromatic carbocycles. The highest BCUT2D eigenvalue weighted by atomic mass is 32.1. The first-order chi connectivity index (χ1) is 17.8. The average Bonchev–Trinajstić information content (AvgIpc) is 3.49. The third-order valence-corrected chi connectivity index (χ3v) is 6.80. The first kappa shape index (κ1) is 25.9. The van der Waals surface area contributed by atoms with Gasteiger partial charge in [-0.15, -0.1) is 11.3 Å². The van der Waals surface area contributed by atoms with Crippen LogP contribution in [0, 0.1) is 0 Å². The topological polar surface area (TPSA) is 126 Å². The zero-order valence-electron chi connectivity index (χ0n) is 20.7. The summed E-state index contributed by atoms with van der Waals surface area (Å²) in [6.45, 7) is 5.94. The number of rotatable bonds is 10. The minimum Gasteiger partial charge on any atom is -0.494 e. The van der Waals surface area contributed by atoms with E-state index in [4.69, 9.17) is 4.74 Å². The smallest absolute Gasteiger partial charge is 0.329 e. The number of ether oxygens (including phenoxy) is 1. The van der Waals surface area contributed by atoms with Gasteiger partial charge in [0.15, 0.2) is 10.9 Å². The van der Waals surface area contributed by atoms with Crippen molar-refractivity contribution in [2.24, 2.45) is 0 Å². The maximum absolute atomic E-state index is 13.6. The van der Waals surface area contributed by atoms with Gasteiger partial charge in [-0.3, -0.25) is 9.59 Å². The highest BCUT2D eigenvalue weighted by Gasteiger charge is 2.33. The summed E-state index contributed by atoms with van der Waals surface area (Å²) in [6, 6.07) is 15.1. The van der Waals surface area contributed by atoms with Crippen LogP contribution in [-0.2, 0) is 4.79 Å². The number of hydrogen-bond donors (Lipinski definition) is 3. The fourth-order valence-corrected chi connectivity index (χ4v) is 4.83. The quantitative estimate of drug-likeness (QED) is 0.253. The molecule has 192 valence electrons. The van der Waals surface area contributed by atoms with Gasteiger partial charge < -0.3 is 20.1 Å². The first-order valence-electron chi connectivity index (χ1n) is 11.9. The summed E-state index contributed by atoms with van der Waals surface area (Å²) in [5.74, 6) is -0.878. The number of anilines is 1. The van der Waals surface area contributed by atoms with E-state index in [2.05, 4.69) is 15.3 Å². The van der Waals surface area contributed by atoms with Crippen LogP contribution in [0.3, 0.4) is 0 Å². The van der Waals surface area contributed by atoms with Gasteiger partial charge in [-0.1, -0.05) is 44.2 Å². The van der Waals surface area contributed by atoms with Gasteiger partial charge in [0.1, 0.15) is 23.2 Å². The van der Waals surface area contributed by atoms with E-state index in [1.165, 1.54) is 0 Å². The number of nitrogens with one attached hydrogen (secondary N) is 2. The normalized spacial score (nSPS) is 12.6. The number of amides is 1. The number of nitrogens with zero attached hydrogens (tertiary/aromatic N) is 2. The predicted octanol–water partition coefficient (Wildman–Crippen LogP) is 4.98. The van der Waals surface area contributed by atoms with Crippen LogP contribution in [0.15, 0.2) is 64.8 Å². The van der Waals surface area contributed by atoms with E-state index in [0.29, 0.717) is 24.3 Å². The molecule has 2 aromatic heterocycles. The van der Waals surface area contributed by atoms with Crippen LogP contribution in [-0.4, -0.2) is 37.9 Å². The number of benzene rings is 2. The monoisotopic (exact) mass is 520 g/mol. The van der Waals surface area contributed by atoms with Crippen LogP contribution in [0.2, 0.25) is 0 Å². The maximum atomic E-state index is 13.6. The Labute approximate surface area is 217 Å². The lowest BCUT2D eigenvalue weighted by atomic mass is 9.92. The van der Waals surface area contributed by atoms with Gasteiger partial charge in [-0.2, -0.15) is 0 Å². The van der Waals surface area contributed by atoms with Crippen molar-refractivity contribution in [3.8, 4) is 22.9 Å². The molecule has 0 unspecified atom stereocenters. The molecule has 1 amide bonds. The SMILES string of the molecule is CCOc1ccc(-c2[nH]c(=O)n([C@H](C(=O)Nc3nc(C(=O)CC)cs3)[C@@H](C)c3ccccc3)c2O)cc1. The molecule has 10 heteroatoms. The fourth-order valence-electron chi connectivity index (χ4n) is 4.11. The molecule has 0 radical (unpaired) electrons. The third-order valence-electron chi connectivity index (χ3n) is 6.04. The molecule has 2 heterocycles. The van der Waals surface area contributed by atoms with Crippen LogP contribution in [0.1, 0.15) is 55.2 Å². The van der Waals surface area contributed by atoms with Crippen molar-refractivity contribution in [2.75, 3.05) is 11.9 Å². The maximum Gasteiger partial charge on any atom is 0.329 e. The summed E-state index contributed by atoms with van der Waals surface area (Å²) < 4.78 is 6.53. The van der Waals surface area contributed by atoms with Crippen molar-refractivity contribution < 1.29 is 19.4 Å². The largest absolute Gasteiger partial charge is 0.494 e. The molecule has 0 bridgehead atoms. The lowest BCUT2D eigenvalue weighted by Gasteiger charge is -2.24. The lowest BCUT2D eigenvalue weighted by molar-refractivity contribution is -0.120. The molecule has 37 heavy (non-hydrogen) atoms. The van der Waals surface area contributed by atoms with E-state index in [9.17, 15) is 19.5 Å². The van der Waals surface area contributed by atoms with Crippen molar-refractivity contribution in [1.82, 2.24) is 14.5 Å². The number of aromatic hydroxyl groups is 1. The number of hydrogen-bond acceptors (Lipinski definition) is 7. The Hall–Kier alpha value is -4.18. The second-order valence-corrected chi connectivity index (χ2v) is 9.26. The highest BCUT2D eigenvalue weighted by Crippen LogP contribution is 2.35. The summed E-state index contributed by atoms with van der Waals surface area (Å²) in [6.07, 6.45) is 0.297. The predicted molar refractivity (Wildman–Crippen MR) is 143 cm³/mol.